The fraction of sp³-hybridized carbons (Fsp3) is 0.658. The van der Waals surface area contributed by atoms with Crippen molar-refractivity contribution >= 4 is 33.2 Å². The number of rotatable bonds is 2. The minimum Gasteiger partial charge on any atom is -0.487 e. The molecule has 1 saturated carbocycles. The summed E-state index contributed by atoms with van der Waals surface area (Å²) in [4.78, 5) is 18.2. The average molecular weight is 729 g/mol. The highest BCUT2D eigenvalue weighted by molar-refractivity contribution is 7.90. The number of carbonyl (C=O) groups is 1. The molecule has 10 nitrogen and oxygen atoms in total. The van der Waals surface area contributed by atoms with Crippen molar-refractivity contribution in [2.75, 3.05) is 50.8 Å². The lowest BCUT2D eigenvalue weighted by atomic mass is 9.62. The quantitative estimate of drug-likeness (QED) is 0.402. The van der Waals surface area contributed by atoms with Crippen molar-refractivity contribution in [3.05, 3.63) is 58.1 Å². The zero-order chi connectivity index (χ0) is 35.0. The minimum atomic E-state index is -3.95. The second-order valence-electron chi connectivity index (χ2n) is 15.5. The molecule has 2 saturated heterocycles. The van der Waals surface area contributed by atoms with E-state index in [4.69, 9.17) is 21.1 Å². The Balaban J connectivity index is 1.23. The standard InChI is InChI=1S/C38H53ClN4O6S/c1-25-6-5-14-38(45,24-42-21-33-36(22-42)48-17-15-40-33)32-12-9-29(32)20-43-16-4-3-7-27-18-31(39)11-8-30(27)23-49-35-13-10-28(19-34(35)43)37(44)41-50(46,47)26(25)2/h8,10-11,13,18-19,25-26,29,32-33,36,40,45H,3-7,9,12,14-17,20-24H2,1-2H3,(H,41,44)/t25-,26+,29-,32+,33?,36-,38+/m0/s1. The number of ether oxygens (including phenoxy) is 2. The summed E-state index contributed by atoms with van der Waals surface area (Å²) in [6, 6.07) is 11.4. The number of amides is 1. The van der Waals surface area contributed by atoms with E-state index in [0.29, 0.717) is 49.8 Å². The van der Waals surface area contributed by atoms with Gasteiger partial charge in [0.2, 0.25) is 10.0 Å². The van der Waals surface area contributed by atoms with Gasteiger partial charge < -0.3 is 24.8 Å². The predicted molar refractivity (Wildman–Crippen MR) is 195 cm³/mol. The van der Waals surface area contributed by atoms with Crippen LogP contribution in [-0.2, 0) is 27.8 Å². The maximum absolute atomic E-state index is 13.5. The van der Waals surface area contributed by atoms with Crippen LogP contribution >= 0.6 is 11.6 Å². The Morgan fingerprint density at radius 3 is 2.68 bits per heavy atom. The summed E-state index contributed by atoms with van der Waals surface area (Å²) in [5.41, 5.74) is 2.39. The van der Waals surface area contributed by atoms with E-state index in [1.54, 1.807) is 25.1 Å². The van der Waals surface area contributed by atoms with E-state index < -0.39 is 26.8 Å². The molecule has 50 heavy (non-hydrogen) atoms. The molecule has 1 unspecified atom stereocenters. The van der Waals surface area contributed by atoms with E-state index in [1.807, 2.05) is 25.1 Å². The largest absolute Gasteiger partial charge is 0.487 e. The summed E-state index contributed by atoms with van der Waals surface area (Å²) in [5.74, 6) is 0.178. The lowest BCUT2D eigenvalue weighted by molar-refractivity contribution is -0.104. The highest BCUT2D eigenvalue weighted by Gasteiger charge is 2.49. The lowest BCUT2D eigenvalue weighted by Crippen LogP contribution is -2.56. The Morgan fingerprint density at radius 2 is 1.88 bits per heavy atom. The fourth-order valence-electron chi connectivity index (χ4n) is 8.98. The Kier molecular flexibility index (Phi) is 10.7. The highest BCUT2D eigenvalue weighted by atomic mass is 35.5. The Bertz CT molecular complexity index is 1650. The molecule has 0 aromatic heterocycles. The Morgan fingerprint density at radius 1 is 1.02 bits per heavy atom. The van der Waals surface area contributed by atoms with Gasteiger partial charge >= 0.3 is 0 Å². The molecule has 4 aliphatic heterocycles. The van der Waals surface area contributed by atoms with Crippen LogP contribution in [-0.4, -0.2) is 93.2 Å². The van der Waals surface area contributed by atoms with E-state index >= 15 is 0 Å². The molecule has 7 rings (SSSR count). The third kappa shape index (κ3) is 7.69. The second-order valence-corrected chi connectivity index (χ2v) is 18.0. The third-order valence-electron chi connectivity index (χ3n) is 12.3. The van der Waals surface area contributed by atoms with Gasteiger partial charge in [-0.2, -0.15) is 0 Å². The predicted octanol–water partition coefficient (Wildman–Crippen LogP) is 4.76. The number of likely N-dealkylation sites (tertiary alicyclic amines) is 1. The summed E-state index contributed by atoms with van der Waals surface area (Å²) in [5, 5.41) is 16.3. The number of hydrogen-bond donors (Lipinski definition) is 3. The molecule has 1 aliphatic carbocycles. The number of fused-ring (bicyclic) bond motifs is 4. The molecule has 0 spiro atoms. The molecule has 3 N–H and O–H groups in total. The van der Waals surface area contributed by atoms with Gasteiger partial charge in [-0.25, -0.2) is 13.1 Å². The van der Waals surface area contributed by atoms with Crippen LogP contribution in [0.15, 0.2) is 36.4 Å². The molecule has 12 heteroatoms. The van der Waals surface area contributed by atoms with Crippen molar-refractivity contribution < 1.29 is 27.8 Å². The SMILES string of the molecule is C[C@@H]1[C@@H](C)CCC[C@@](O)(CN2CC3NCCO[C@H]3C2)[C@@H]2CC[C@H]2CN2CCCCc3cc(Cl)ccc3COc3ccc(cc32)C(=O)NS1(=O)=O. The first-order chi connectivity index (χ1) is 24.0. The van der Waals surface area contributed by atoms with Crippen LogP contribution < -0.4 is 19.7 Å². The third-order valence-corrected chi connectivity index (χ3v) is 14.4. The fourth-order valence-corrected chi connectivity index (χ4v) is 10.5. The minimum absolute atomic E-state index is 0.101. The number of aliphatic hydroxyl groups is 1. The number of aryl methyl sites for hydroxylation is 1. The molecule has 0 radical (unpaired) electrons. The highest BCUT2D eigenvalue weighted by Crippen LogP contribution is 2.47. The number of carbonyl (C=O) groups excluding carboxylic acids is 1. The van der Waals surface area contributed by atoms with Crippen LogP contribution in [0.5, 0.6) is 5.75 Å². The lowest BCUT2D eigenvalue weighted by Gasteiger charge is -2.50. The number of benzene rings is 2. The first kappa shape index (κ1) is 36.0. The van der Waals surface area contributed by atoms with Crippen LogP contribution in [0.1, 0.15) is 80.3 Å². The van der Waals surface area contributed by atoms with E-state index in [9.17, 15) is 18.3 Å². The number of β-amino-alcohol motifs (C(OH)–C–C–N with tert-alkyl or cyclic N) is 1. The molecular formula is C38H53ClN4O6S. The summed E-state index contributed by atoms with van der Waals surface area (Å²) < 4.78 is 42.0. The summed E-state index contributed by atoms with van der Waals surface area (Å²) in [6.45, 7) is 9.21. The van der Waals surface area contributed by atoms with Crippen molar-refractivity contribution in [1.29, 1.82) is 0 Å². The summed E-state index contributed by atoms with van der Waals surface area (Å²) in [7, 11) is -3.95. The number of hydrogen-bond acceptors (Lipinski definition) is 9. The van der Waals surface area contributed by atoms with Gasteiger partial charge in [-0.1, -0.05) is 31.0 Å². The second kappa shape index (κ2) is 14.9. The number of halogens is 1. The van der Waals surface area contributed by atoms with Crippen molar-refractivity contribution in [2.45, 2.75) is 94.8 Å². The Labute approximate surface area is 302 Å². The van der Waals surface area contributed by atoms with Gasteiger partial charge in [-0.3, -0.25) is 9.69 Å². The maximum Gasteiger partial charge on any atom is 0.264 e. The molecule has 7 atom stereocenters. The normalized spacial score (nSPS) is 33.8. The molecule has 2 bridgehead atoms. The summed E-state index contributed by atoms with van der Waals surface area (Å²) >= 11 is 6.38. The molecular weight excluding hydrogens is 676 g/mol. The molecule has 4 heterocycles. The van der Waals surface area contributed by atoms with Gasteiger partial charge in [0.25, 0.3) is 5.91 Å². The van der Waals surface area contributed by atoms with E-state index in [2.05, 4.69) is 19.8 Å². The van der Waals surface area contributed by atoms with Crippen molar-refractivity contribution in [2.24, 2.45) is 17.8 Å². The molecule has 2 aromatic carbocycles. The first-order valence-corrected chi connectivity index (χ1v) is 20.6. The summed E-state index contributed by atoms with van der Waals surface area (Å²) in [6.07, 6.45) is 6.81. The molecule has 5 aliphatic rings. The molecule has 1 amide bonds. The van der Waals surface area contributed by atoms with Crippen LogP contribution in [0.4, 0.5) is 5.69 Å². The molecule has 3 fully saturated rings. The van der Waals surface area contributed by atoms with Crippen LogP contribution in [0.3, 0.4) is 0 Å². The number of anilines is 1. The number of nitrogens with zero attached hydrogens (tertiary/aromatic N) is 2. The van der Waals surface area contributed by atoms with E-state index in [1.165, 1.54) is 5.56 Å². The van der Waals surface area contributed by atoms with Gasteiger partial charge in [-0.05, 0) is 111 Å². The van der Waals surface area contributed by atoms with Gasteiger partial charge in [0.15, 0.2) is 0 Å². The van der Waals surface area contributed by atoms with Crippen molar-refractivity contribution in [3.63, 3.8) is 0 Å². The topological polar surface area (TPSA) is 120 Å². The average Bonchev–Trinajstić information content (AvgIpc) is 3.46. The first-order valence-electron chi connectivity index (χ1n) is 18.6. The number of nitrogens with one attached hydrogen (secondary N) is 2. The van der Waals surface area contributed by atoms with Gasteiger partial charge in [0.05, 0.1) is 29.2 Å². The van der Waals surface area contributed by atoms with Gasteiger partial charge in [-0.15, -0.1) is 0 Å². The molecule has 2 aromatic rings. The van der Waals surface area contributed by atoms with Gasteiger partial charge in [0.1, 0.15) is 12.4 Å². The maximum atomic E-state index is 13.5. The van der Waals surface area contributed by atoms with Crippen molar-refractivity contribution in [1.82, 2.24) is 14.9 Å². The van der Waals surface area contributed by atoms with E-state index in [0.717, 1.165) is 76.1 Å². The van der Waals surface area contributed by atoms with Crippen LogP contribution in [0.25, 0.3) is 0 Å². The monoisotopic (exact) mass is 728 g/mol. The zero-order valence-corrected chi connectivity index (χ0v) is 31.0. The molecule has 274 valence electrons. The number of morpholine rings is 1. The van der Waals surface area contributed by atoms with Gasteiger partial charge in [0, 0.05) is 55.9 Å². The number of sulfonamides is 1. The van der Waals surface area contributed by atoms with Crippen LogP contribution in [0, 0.1) is 17.8 Å². The Hall–Kier alpha value is -2.41. The zero-order valence-electron chi connectivity index (χ0n) is 29.4. The van der Waals surface area contributed by atoms with E-state index in [-0.39, 0.29) is 35.5 Å². The van der Waals surface area contributed by atoms with Crippen molar-refractivity contribution in [3.8, 4) is 5.75 Å². The van der Waals surface area contributed by atoms with Crippen LogP contribution in [0.2, 0.25) is 5.02 Å². The smallest absolute Gasteiger partial charge is 0.264 e.